The highest BCUT2D eigenvalue weighted by Crippen LogP contribution is 2.64. The Balaban J connectivity index is 2.00. The second kappa shape index (κ2) is 3.49. The number of esters is 2. The molecule has 0 spiro atoms. The standard InChI is InChI=1S/C14H20O4/c1-14(2,3)10-6-5-7-9(8(6)12(15)17-4)13(16)18-11(7)10/h6-11H,5H2,1-4H3. The summed E-state index contributed by atoms with van der Waals surface area (Å²) in [5, 5.41) is 0. The van der Waals surface area contributed by atoms with Crippen LogP contribution in [-0.2, 0) is 19.1 Å². The number of hydrogen-bond donors (Lipinski definition) is 0. The number of carbonyl (C=O) groups is 2. The zero-order valence-corrected chi connectivity index (χ0v) is 11.3. The second-order valence-corrected chi connectivity index (χ2v) is 6.93. The molecule has 0 amide bonds. The van der Waals surface area contributed by atoms with Gasteiger partial charge in [-0.2, -0.15) is 0 Å². The third kappa shape index (κ3) is 1.32. The van der Waals surface area contributed by atoms with E-state index in [0.29, 0.717) is 0 Å². The SMILES string of the molecule is COC(=O)C1C2CC3C(OC(=O)C31)C2C(C)(C)C. The van der Waals surface area contributed by atoms with Crippen LogP contribution in [0.3, 0.4) is 0 Å². The van der Waals surface area contributed by atoms with E-state index in [1.165, 1.54) is 7.11 Å². The summed E-state index contributed by atoms with van der Waals surface area (Å²) in [6.45, 7) is 6.48. The molecule has 3 aliphatic rings. The largest absolute Gasteiger partial charge is 0.469 e. The van der Waals surface area contributed by atoms with Crippen LogP contribution in [0.4, 0.5) is 0 Å². The summed E-state index contributed by atoms with van der Waals surface area (Å²) < 4.78 is 10.5. The van der Waals surface area contributed by atoms with Crippen molar-refractivity contribution in [3.8, 4) is 0 Å². The molecule has 3 rings (SSSR count). The average Bonchev–Trinajstić information content (AvgIpc) is 2.85. The Morgan fingerprint density at radius 3 is 2.56 bits per heavy atom. The van der Waals surface area contributed by atoms with Crippen LogP contribution in [0, 0.1) is 35.0 Å². The number of hydrogen-bond acceptors (Lipinski definition) is 4. The van der Waals surface area contributed by atoms with Crippen molar-refractivity contribution in [1.82, 2.24) is 0 Å². The first-order chi connectivity index (χ1) is 8.36. The van der Waals surface area contributed by atoms with Gasteiger partial charge in [0, 0.05) is 11.8 Å². The molecule has 4 heteroatoms. The van der Waals surface area contributed by atoms with Crippen molar-refractivity contribution >= 4 is 11.9 Å². The van der Waals surface area contributed by atoms with E-state index < -0.39 is 0 Å². The summed E-state index contributed by atoms with van der Waals surface area (Å²) in [4.78, 5) is 23.9. The van der Waals surface area contributed by atoms with Gasteiger partial charge in [-0.25, -0.2) is 0 Å². The van der Waals surface area contributed by atoms with Gasteiger partial charge in [-0.3, -0.25) is 9.59 Å². The molecule has 2 bridgehead atoms. The highest BCUT2D eigenvalue weighted by Gasteiger charge is 2.70. The lowest BCUT2D eigenvalue weighted by Crippen LogP contribution is -2.43. The van der Waals surface area contributed by atoms with Crippen LogP contribution in [0.5, 0.6) is 0 Å². The molecule has 0 aromatic heterocycles. The normalized spacial score (nSPS) is 45.2. The van der Waals surface area contributed by atoms with E-state index in [4.69, 9.17) is 9.47 Å². The lowest BCUT2D eigenvalue weighted by atomic mass is 9.65. The number of methoxy groups -OCH3 is 1. The minimum atomic E-state index is -0.282. The molecule has 0 aromatic carbocycles. The fraction of sp³-hybridized carbons (Fsp3) is 0.857. The Bertz CT molecular complexity index is 409. The van der Waals surface area contributed by atoms with Crippen molar-refractivity contribution in [3.63, 3.8) is 0 Å². The summed E-state index contributed by atoms with van der Waals surface area (Å²) in [6.07, 6.45) is 0.955. The Morgan fingerprint density at radius 1 is 1.33 bits per heavy atom. The van der Waals surface area contributed by atoms with Gasteiger partial charge in [0.2, 0.25) is 0 Å². The highest BCUT2D eigenvalue weighted by molar-refractivity contribution is 5.85. The zero-order valence-electron chi connectivity index (χ0n) is 11.3. The molecule has 6 atom stereocenters. The molecule has 18 heavy (non-hydrogen) atoms. The molecule has 0 aromatic rings. The maximum absolute atomic E-state index is 12.0. The minimum absolute atomic E-state index is 0.0217. The van der Waals surface area contributed by atoms with Crippen molar-refractivity contribution in [2.75, 3.05) is 7.11 Å². The molecule has 100 valence electrons. The van der Waals surface area contributed by atoms with Crippen LogP contribution in [0.15, 0.2) is 0 Å². The maximum atomic E-state index is 12.0. The fourth-order valence-corrected chi connectivity index (χ4v) is 4.65. The van der Waals surface area contributed by atoms with Gasteiger partial charge in [0.25, 0.3) is 0 Å². The van der Waals surface area contributed by atoms with Crippen LogP contribution in [0.2, 0.25) is 0 Å². The molecule has 4 nitrogen and oxygen atoms in total. The second-order valence-electron chi connectivity index (χ2n) is 6.93. The van der Waals surface area contributed by atoms with Crippen molar-refractivity contribution in [2.24, 2.45) is 35.0 Å². The maximum Gasteiger partial charge on any atom is 0.310 e. The van der Waals surface area contributed by atoms with E-state index >= 15 is 0 Å². The molecule has 3 fully saturated rings. The first-order valence-corrected chi connectivity index (χ1v) is 6.64. The van der Waals surface area contributed by atoms with Crippen LogP contribution < -0.4 is 0 Å². The predicted molar refractivity (Wildman–Crippen MR) is 63.4 cm³/mol. The van der Waals surface area contributed by atoms with Gasteiger partial charge in [-0.05, 0) is 17.8 Å². The van der Waals surface area contributed by atoms with Crippen LogP contribution >= 0.6 is 0 Å². The van der Waals surface area contributed by atoms with Gasteiger partial charge in [0.1, 0.15) is 6.10 Å². The smallest absolute Gasteiger partial charge is 0.310 e. The summed E-state index contributed by atoms with van der Waals surface area (Å²) in [6, 6.07) is 0. The van der Waals surface area contributed by atoms with Gasteiger partial charge >= 0.3 is 11.9 Å². The molecule has 2 saturated carbocycles. The quantitative estimate of drug-likeness (QED) is 0.666. The number of fused-ring (bicyclic) bond motifs is 1. The van der Waals surface area contributed by atoms with Gasteiger partial charge in [-0.15, -0.1) is 0 Å². The first-order valence-electron chi connectivity index (χ1n) is 6.64. The van der Waals surface area contributed by atoms with Crippen molar-refractivity contribution in [1.29, 1.82) is 0 Å². The predicted octanol–water partition coefficient (Wildman–Crippen LogP) is 1.63. The van der Waals surface area contributed by atoms with Crippen molar-refractivity contribution in [3.05, 3.63) is 0 Å². The Hall–Kier alpha value is -1.06. The number of ether oxygens (including phenoxy) is 2. The molecule has 0 radical (unpaired) electrons. The summed E-state index contributed by atoms with van der Waals surface area (Å²) in [5.41, 5.74) is 0.0476. The zero-order chi connectivity index (χ0) is 13.2. The molecule has 2 aliphatic carbocycles. The third-order valence-electron chi connectivity index (χ3n) is 5.09. The average molecular weight is 252 g/mol. The van der Waals surface area contributed by atoms with E-state index in [9.17, 15) is 9.59 Å². The van der Waals surface area contributed by atoms with E-state index in [-0.39, 0.29) is 53.0 Å². The van der Waals surface area contributed by atoms with Gasteiger partial charge < -0.3 is 9.47 Å². The number of carbonyl (C=O) groups excluding carboxylic acids is 2. The molecular weight excluding hydrogens is 232 g/mol. The Morgan fingerprint density at radius 2 is 2.00 bits per heavy atom. The van der Waals surface area contributed by atoms with Crippen LogP contribution in [-0.4, -0.2) is 25.2 Å². The van der Waals surface area contributed by atoms with E-state index in [2.05, 4.69) is 20.8 Å². The van der Waals surface area contributed by atoms with Crippen molar-refractivity contribution < 1.29 is 19.1 Å². The molecule has 0 N–H and O–H groups in total. The Labute approximate surface area is 107 Å². The molecular formula is C14H20O4. The Kier molecular flexibility index (Phi) is 2.32. The van der Waals surface area contributed by atoms with Gasteiger partial charge in [-0.1, -0.05) is 20.8 Å². The highest BCUT2D eigenvalue weighted by atomic mass is 16.6. The van der Waals surface area contributed by atoms with E-state index in [1.54, 1.807) is 0 Å². The lowest BCUT2D eigenvalue weighted by molar-refractivity contribution is -0.153. The van der Waals surface area contributed by atoms with Crippen LogP contribution in [0.25, 0.3) is 0 Å². The minimum Gasteiger partial charge on any atom is -0.469 e. The summed E-state index contributed by atoms with van der Waals surface area (Å²) >= 11 is 0. The first kappa shape index (κ1) is 12.0. The van der Waals surface area contributed by atoms with Crippen LogP contribution in [0.1, 0.15) is 27.2 Å². The van der Waals surface area contributed by atoms with Gasteiger partial charge in [0.05, 0.1) is 18.9 Å². The van der Waals surface area contributed by atoms with Gasteiger partial charge in [0.15, 0.2) is 0 Å². The summed E-state index contributed by atoms with van der Waals surface area (Å²) in [7, 11) is 1.40. The van der Waals surface area contributed by atoms with Crippen molar-refractivity contribution in [2.45, 2.75) is 33.3 Å². The molecule has 1 aliphatic heterocycles. The summed E-state index contributed by atoms with van der Waals surface area (Å²) in [5.74, 6) is -0.204. The molecule has 1 saturated heterocycles. The van der Waals surface area contributed by atoms with E-state index in [0.717, 1.165) is 6.42 Å². The topological polar surface area (TPSA) is 52.6 Å². The number of rotatable bonds is 1. The van der Waals surface area contributed by atoms with E-state index in [1.807, 2.05) is 0 Å². The third-order valence-corrected chi connectivity index (χ3v) is 5.09. The molecule has 1 heterocycles. The fourth-order valence-electron chi connectivity index (χ4n) is 4.65. The lowest BCUT2D eigenvalue weighted by Gasteiger charge is -2.38. The molecule has 6 unspecified atom stereocenters. The monoisotopic (exact) mass is 252 g/mol.